The van der Waals surface area contributed by atoms with Crippen molar-refractivity contribution in [1.29, 1.82) is 0 Å². The highest BCUT2D eigenvalue weighted by molar-refractivity contribution is 9.11. The van der Waals surface area contributed by atoms with Gasteiger partial charge in [-0.05, 0) is 41.4 Å². The van der Waals surface area contributed by atoms with E-state index >= 15 is 0 Å². The highest BCUT2D eigenvalue weighted by atomic mass is 79.9. The first-order chi connectivity index (χ1) is 8.81. The molecule has 1 aliphatic rings. The lowest BCUT2D eigenvalue weighted by atomic mass is 9.96. The maximum absolute atomic E-state index is 12.2. The van der Waals surface area contributed by atoms with Crippen molar-refractivity contribution < 1.29 is 19.4 Å². The van der Waals surface area contributed by atoms with E-state index in [1.807, 2.05) is 19.9 Å². The van der Waals surface area contributed by atoms with Crippen LogP contribution in [0, 0.1) is 6.92 Å². The van der Waals surface area contributed by atoms with Crippen LogP contribution >= 0.6 is 27.3 Å². The van der Waals surface area contributed by atoms with E-state index in [4.69, 9.17) is 9.84 Å². The van der Waals surface area contributed by atoms with Gasteiger partial charge in [-0.3, -0.25) is 4.79 Å². The zero-order valence-electron chi connectivity index (χ0n) is 10.6. The molecule has 0 spiro atoms. The zero-order chi connectivity index (χ0) is 14.2. The van der Waals surface area contributed by atoms with Gasteiger partial charge in [0.05, 0.1) is 21.8 Å². The fourth-order valence-electron chi connectivity index (χ4n) is 1.95. The first-order valence-corrected chi connectivity index (χ1v) is 7.33. The van der Waals surface area contributed by atoms with Gasteiger partial charge in [0, 0.05) is 0 Å². The fraction of sp³-hybridized carbons (Fsp3) is 0.500. The number of halogens is 1. The number of hydrogen-bond acceptors (Lipinski definition) is 4. The molecule has 0 saturated carbocycles. The van der Waals surface area contributed by atoms with Crippen LogP contribution in [0.3, 0.4) is 0 Å². The maximum Gasteiger partial charge on any atom is 0.329 e. The molecule has 1 aromatic heterocycles. The smallest absolute Gasteiger partial charge is 0.329 e. The lowest BCUT2D eigenvalue weighted by Gasteiger charge is -2.47. The van der Waals surface area contributed by atoms with E-state index in [0.717, 1.165) is 9.35 Å². The number of likely N-dealkylation sites (tertiary alicyclic amines) is 1. The Bertz CT molecular complexity index is 502. The summed E-state index contributed by atoms with van der Waals surface area (Å²) in [7, 11) is 0. The van der Waals surface area contributed by atoms with Crippen molar-refractivity contribution in [1.82, 2.24) is 4.90 Å². The van der Waals surface area contributed by atoms with Gasteiger partial charge >= 0.3 is 5.97 Å². The molecule has 0 atom stereocenters. The number of nitrogens with zero attached hydrogens (tertiary/aromatic N) is 1. The second kappa shape index (κ2) is 5.22. The van der Waals surface area contributed by atoms with Crippen molar-refractivity contribution in [3.63, 3.8) is 0 Å². The quantitative estimate of drug-likeness (QED) is 0.905. The Balaban J connectivity index is 1.93. The van der Waals surface area contributed by atoms with E-state index in [9.17, 15) is 9.59 Å². The number of carbonyl (C=O) groups is 2. The number of carboxylic acid groups (broad SMARTS) is 1. The Morgan fingerprint density at radius 2 is 2.21 bits per heavy atom. The molecule has 19 heavy (non-hydrogen) atoms. The molecule has 1 N–H and O–H groups in total. The molecule has 0 unspecified atom stereocenters. The summed E-state index contributed by atoms with van der Waals surface area (Å²) >= 11 is 4.80. The summed E-state index contributed by atoms with van der Waals surface area (Å²) in [6.45, 7) is 4.27. The summed E-state index contributed by atoms with van der Waals surface area (Å²) in [5.41, 5.74) is 0.496. The van der Waals surface area contributed by atoms with Gasteiger partial charge in [0.2, 0.25) is 0 Å². The van der Waals surface area contributed by atoms with Gasteiger partial charge < -0.3 is 14.7 Å². The average molecular weight is 348 g/mol. The molecule has 1 saturated heterocycles. The van der Waals surface area contributed by atoms with Crippen molar-refractivity contribution >= 4 is 39.1 Å². The van der Waals surface area contributed by atoms with Gasteiger partial charge in [-0.15, -0.1) is 11.3 Å². The maximum atomic E-state index is 12.2. The number of aryl methyl sites for hydroxylation is 1. The molecule has 0 bridgehead atoms. The second-order valence-corrected chi connectivity index (χ2v) is 7.23. The van der Waals surface area contributed by atoms with E-state index in [1.165, 1.54) is 11.3 Å². The van der Waals surface area contributed by atoms with Gasteiger partial charge in [-0.1, -0.05) is 0 Å². The molecule has 104 valence electrons. The first kappa shape index (κ1) is 14.5. The molecule has 2 heterocycles. The number of thiophene rings is 1. The lowest BCUT2D eigenvalue weighted by Crippen LogP contribution is -2.63. The molecular formula is C12H14BrNO4S. The van der Waals surface area contributed by atoms with Gasteiger partial charge in [-0.2, -0.15) is 0 Å². The largest absolute Gasteiger partial charge is 0.480 e. The van der Waals surface area contributed by atoms with E-state index < -0.39 is 11.6 Å². The molecule has 0 radical (unpaired) electrons. The van der Waals surface area contributed by atoms with Crippen molar-refractivity contribution in [3.8, 4) is 0 Å². The number of carbonyl (C=O) groups excluding carboxylic acids is 1. The van der Waals surface area contributed by atoms with Crippen LogP contribution in [0.15, 0.2) is 9.85 Å². The van der Waals surface area contributed by atoms with E-state index in [0.29, 0.717) is 18.0 Å². The minimum absolute atomic E-state index is 0.0322. The number of rotatable bonds is 4. The number of ether oxygens (including phenoxy) is 1. The van der Waals surface area contributed by atoms with E-state index in [-0.39, 0.29) is 12.5 Å². The third kappa shape index (κ3) is 3.16. The molecule has 1 fully saturated rings. The fourth-order valence-corrected chi connectivity index (χ4v) is 3.46. The van der Waals surface area contributed by atoms with Gasteiger partial charge in [0.1, 0.15) is 12.2 Å². The number of aliphatic carboxylic acids is 1. The second-order valence-electron chi connectivity index (χ2n) is 4.86. The summed E-state index contributed by atoms with van der Waals surface area (Å²) in [5.74, 6) is -1.03. The summed E-state index contributed by atoms with van der Waals surface area (Å²) in [4.78, 5) is 25.0. The minimum Gasteiger partial charge on any atom is -0.480 e. The van der Waals surface area contributed by atoms with Crippen molar-refractivity contribution in [2.24, 2.45) is 0 Å². The van der Waals surface area contributed by atoms with Crippen LogP contribution < -0.4 is 0 Å². The van der Waals surface area contributed by atoms with Crippen LogP contribution in [-0.2, 0) is 9.53 Å². The van der Waals surface area contributed by atoms with Crippen LogP contribution in [0.4, 0.5) is 0 Å². The SMILES string of the molecule is Cc1cc(C(=O)N2CC(C)(OCC(=O)O)C2)sc1Br. The highest BCUT2D eigenvalue weighted by Gasteiger charge is 2.43. The highest BCUT2D eigenvalue weighted by Crippen LogP contribution is 2.31. The van der Waals surface area contributed by atoms with Gasteiger partial charge in [-0.25, -0.2) is 4.79 Å². The standard InChI is InChI=1S/C12H14BrNO4S/c1-7-3-8(19-10(7)13)11(17)14-5-12(2,6-14)18-4-9(15)16/h3H,4-6H2,1-2H3,(H,15,16). The summed E-state index contributed by atoms with van der Waals surface area (Å²) in [5, 5.41) is 8.57. The Hall–Kier alpha value is -0.920. The number of hydrogen-bond donors (Lipinski definition) is 1. The molecule has 1 aliphatic heterocycles. The Labute approximate surface area is 123 Å². The Morgan fingerprint density at radius 3 is 2.68 bits per heavy atom. The zero-order valence-corrected chi connectivity index (χ0v) is 13.0. The molecular weight excluding hydrogens is 334 g/mol. The predicted molar refractivity (Wildman–Crippen MR) is 74.7 cm³/mol. The summed E-state index contributed by atoms with van der Waals surface area (Å²) in [6, 6.07) is 1.85. The summed E-state index contributed by atoms with van der Waals surface area (Å²) in [6.07, 6.45) is 0. The van der Waals surface area contributed by atoms with Crippen molar-refractivity contribution in [2.45, 2.75) is 19.4 Å². The molecule has 1 aromatic rings. The normalized spacial score (nSPS) is 17.1. The third-order valence-electron chi connectivity index (χ3n) is 2.95. The topological polar surface area (TPSA) is 66.8 Å². The predicted octanol–water partition coefficient (Wildman–Crippen LogP) is 2.13. The van der Waals surface area contributed by atoms with Crippen LogP contribution in [0.2, 0.25) is 0 Å². The minimum atomic E-state index is -0.996. The first-order valence-electron chi connectivity index (χ1n) is 5.72. The Kier molecular flexibility index (Phi) is 3.98. The van der Waals surface area contributed by atoms with Gasteiger partial charge in [0.25, 0.3) is 5.91 Å². The van der Waals surface area contributed by atoms with Crippen LogP contribution in [0.1, 0.15) is 22.2 Å². The molecule has 7 heteroatoms. The molecule has 2 rings (SSSR count). The van der Waals surface area contributed by atoms with Gasteiger partial charge in [0.15, 0.2) is 0 Å². The average Bonchev–Trinajstić information content (AvgIpc) is 2.62. The van der Waals surface area contributed by atoms with Crippen LogP contribution in [-0.4, -0.2) is 47.2 Å². The summed E-state index contributed by atoms with van der Waals surface area (Å²) < 4.78 is 6.23. The van der Waals surface area contributed by atoms with E-state index in [1.54, 1.807) is 4.90 Å². The lowest BCUT2D eigenvalue weighted by molar-refractivity contribution is -0.159. The van der Waals surface area contributed by atoms with Crippen molar-refractivity contribution in [2.75, 3.05) is 19.7 Å². The van der Waals surface area contributed by atoms with Crippen molar-refractivity contribution in [3.05, 3.63) is 20.3 Å². The van der Waals surface area contributed by atoms with Crippen LogP contribution in [0.25, 0.3) is 0 Å². The van der Waals surface area contributed by atoms with E-state index in [2.05, 4.69) is 15.9 Å². The molecule has 1 amide bonds. The third-order valence-corrected chi connectivity index (χ3v) is 5.07. The van der Waals surface area contributed by atoms with Crippen LogP contribution in [0.5, 0.6) is 0 Å². The Morgan fingerprint density at radius 1 is 1.58 bits per heavy atom. The molecule has 0 aliphatic carbocycles. The number of carboxylic acids is 1. The monoisotopic (exact) mass is 347 g/mol. The molecule has 0 aromatic carbocycles. The molecule has 5 nitrogen and oxygen atoms in total. The number of amides is 1.